The first-order valence-electron chi connectivity index (χ1n) is 6.53. The van der Waals surface area contributed by atoms with Crippen LogP contribution in [0.3, 0.4) is 0 Å². The summed E-state index contributed by atoms with van der Waals surface area (Å²) in [5.41, 5.74) is 10.3. The Morgan fingerprint density at radius 2 is 1.90 bits per heavy atom. The molecule has 1 aromatic heterocycles. The molecular weight excluding hydrogens is 250 g/mol. The number of para-hydroxylation sites is 1. The van der Waals surface area contributed by atoms with Crippen LogP contribution in [0.15, 0.2) is 42.5 Å². The lowest BCUT2D eigenvalue weighted by Crippen LogP contribution is -2.04. The summed E-state index contributed by atoms with van der Waals surface area (Å²) >= 11 is 0. The fourth-order valence-corrected chi connectivity index (χ4v) is 2.35. The van der Waals surface area contributed by atoms with Crippen molar-refractivity contribution in [1.82, 2.24) is 9.55 Å². The highest BCUT2D eigenvalue weighted by Gasteiger charge is 2.12. The lowest BCUT2D eigenvalue weighted by atomic mass is 10.1. The average Bonchev–Trinajstić information content (AvgIpc) is 2.77. The van der Waals surface area contributed by atoms with E-state index in [0.717, 1.165) is 16.8 Å². The molecule has 2 aromatic carbocycles. The Morgan fingerprint density at radius 1 is 1.15 bits per heavy atom. The second kappa shape index (κ2) is 4.89. The van der Waals surface area contributed by atoms with Crippen molar-refractivity contribution in [3.63, 3.8) is 0 Å². The van der Waals surface area contributed by atoms with Crippen LogP contribution in [-0.4, -0.2) is 16.7 Å². The van der Waals surface area contributed by atoms with Crippen LogP contribution in [0.25, 0.3) is 11.0 Å². The van der Waals surface area contributed by atoms with E-state index in [-0.39, 0.29) is 0 Å². The van der Waals surface area contributed by atoms with Gasteiger partial charge in [-0.2, -0.15) is 0 Å². The van der Waals surface area contributed by atoms with E-state index in [1.807, 2.05) is 22.8 Å². The van der Waals surface area contributed by atoms with Gasteiger partial charge in [-0.15, -0.1) is 0 Å². The molecule has 2 N–H and O–H groups in total. The molecule has 3 aromatic rings. The number of fused-ring (bicyclic) bond motifs is 1. The number of methoxy groups -OCH3 is 1. The van der Waals surface area contributed by atoms with Crippen molar-refractivity contribution in [2.24, 2.45) is 0 Å². The van der Waals surface area contributed by atoms with E-state index < -0.39 is 0 Å². The van der Waals surface area contributed by atoms with Crippen molar-refractivity contribution in [1.29, 1.82) is 0 Å². The Bertz CT molecular complexity index is 744. The smallest absolute Gasteiger partial charge is 0.201 e. The number of hydrogen-bond acceptors (Lipinski definition) is 3. The zero-order chi connectivity index (χ0) is 14.1. The summed E-state index contributed by atoms with van der Waals surface area (Å²) in [6.45, 7) is 2.78. The zero-order valence-corrected chi connectivity index (χ0v) is 11.6. The van der Waals surface area contributed by atoms with Crippen LogP contribution >= 0.6 is 0 Å². The van der Waals surface area contributed by atoms with Crippen molar-refractivity contribution in [3.05, 3.63) is 53.6 Å². The summed E-state index contributed by atoms with van der Waals surface area (Å²) in [5.74, 6) is 1.25. The first kappa shape index (κ1) is 12.5. The highest BCUT2D eigenvalue weighted by atomic mass is 16.5. The molecule has 0 aliphatic heterocycles. The van der Waals surface area contributed by atoms with E-state index in [0.29, 0.717) is 12.5 Å². The molecule has 0 unspecified atom stereocenters. The number of benzene rings is 2. The van der Waals surface area contributed by atoms with Crippen LogP contribution in [0.5, 0.6) is 5.75 Å². The molecule has 0 atom stereocenters. The van der Waals surface area contributed by atoms with E-state index in [2.05, 4.69) is 36.2 Å². The average molecular weight is 267 g/mol. The van der Waals surface area contributed by atoms with Crippen LogP contribution in [0.2, 0.25) is 0 Å². The van der Waals surface area contributed by atoms with Gasteiger partial charge in [0.2, 0.25) is 5.95 Å². The molecule has 0 saturated heterocycles. The molecular formula is C16H17N3O. The van der Waals surface area contributed by atoms with Crippen molar-refractivity contribution in [2.45, 2.75) is 13.5 Å². The highest BCUT2D eigenvalue weighted by Crippen LogP contribution is 2.27. The molecule has 4 heteroatoms. The first-order valence-corrected chi connectivity index (χ1v) is 6.53. The predicted molar refractivity (Wildman–Crippen MR) is 81.0 cm³/mol. The van der Waals surface area contributed by atoms with Gasteiger partial charge >= 0.3 is 0 Å². The molecule has 4 nitrogen and oxygen atoms in total. The SMILES string of the molecule is COc1cccc2c1nc(N)n2Cc1ccc(C)cc1. The van der Waals surface area contributed by atoms with E-state index >= 15 is 0 Å². The maximum Gasteiger partial charge on any atom is 0.201 e. The summed E-state index contributed by atoms with van der Waals surface area (Å²) in [6, 6.07) is 14.3. The molecule has 0 amide bonds. The Labute approximate surface area is 117 Å². The van der Waals surface area contributed by atoms with Crippen molar-refractivity contribution in [3.8, 4) is 5.75 Å². The Kier molecular flexibility index (Phi) is 3.06. The summed E-state index contributed by atoms with van der Waals surface area (Å²) in [7, 11) is 1.64. The third-order valence-electron chi connectivity index (χ3n) is 3.45. The van der Waals surface area contributed by atoms with E-state index in [1.54, 1.807) is 7.11 Å². The van der Waals surface area contributed by atoms with Gasteiger partial charge in [0.05, 0.1) is 19.2 Å². The number of anilines is 1. The normalized spacial score (nSPS) is 10.9. The van der Waals surface area contributed by atoms with Gasteiger partial charge in [-0.1, -0.05) is 35.9 Å². The fraction of sp³-hybridized carbons (Fsp3) is 0.188. The number of nitrogen functional groups attached to an aromatic ring is 1. The Morgan fingerprint density at radius 3 is 2.60 bits per heavy atom. The van der Waals surface area contributed by atoms with Gasteiger partial charge < -0.3 is 15.0 Å². The minimum Gasteiger partial charge on any atom is -0.494 e. The molecule has 0 aliphatic carbocycles. The molecule has 1 heterocycles. The van der Waals surface area contributed by atoms with E-state index in [9.17, 15) is 0 Å². The quantitative estimate of drug-likeness (QED) is 0.793. The highest BCUT2D eigenvalue weighted by molar-refractivity contribution is 5.84. The predicted octanol–water partition coefficient (Wildman–Crippen LogP) is 2.98. The number of aromatic nitrogens is 2. The molecule has 0 saturated carbocycles. The number of aryl methyl sites for hydroxylation is 1. The number of nitrogens with zero attached hydrogens (tertiary/aromatic N) is 2. The number of nitrogens with two attached hydrogens (primary N) is 1. The first-order chi connectivity index (χ1) is 9.69. The number of imidazole rings is 1. The number of rotatable bonds is 3. The standard InChI is InChI=1S/C16H17N3O/c1-11-6-8-12(9-7-11)10-19-13-4-3-5-14(20-2)15(13)18-16(19)17/h3-9H,10H2,1-2H3,(H2,17,18). The topological polar surface area (TPSA) is 53.1 Å². The van der Waals surface area contributed by atoms with Crippen molar-refractivity contribution >= 4 is 17.0 Å². The van der Waals surface area contributed by atoms with Gasteiger partial charge in [-0.05, 0) is 24.6 Å². The third kappa shape index (κ3) is 2.09. The zero-order valence-electron chi connectivity index (χ0n) is 11.6. The summed E-state index contributed by atoms with van der Waals surface area (Å²) in [4.78, 5) is 4.41. The van der Waals surface area contributed by atoms with Gasteiger partial charge in [0.15, 0.2) is 0 Å². The van der Waals surface area contributed by atoms with Gasteiger partial charge in [-0.3, -0.25) is 0 Å². The molecule has 0 bridgehead atoms. The number of ether oxygens (including phenoxy) is 1. The van der Waals surface area contributed by atoms with Crippen LogP contribution in [0, 0.1) is 6.92 Å². The number of hydrogen-bond donors (Lipinski definition) is 1. The van der Waals surface area contributed by atoms with Crippen LogP contribution in [0.1, 0.15) is 11.1 Å². The summed E-state index contributed by atoms with van der Waals surface area (Å²) in [6.07, 6.45) is 0. The minimum absolute atomic E-state index is 0.505. The Hall–Kier alpha value is -2.49. The maximum absolute atomic E-state index is 6.05. The van der Waals surface area contributed by atoms with Gasteiger partial charge in [0, 0.05) is 0 Å². The Balaban J connectivity index is 2.07. The van der Waals surface area contributed by atoms with Crippen molar-refractivity contribution in [2.75, 3.05) is 12.8 Å². The second-order valence-corrected chi connectivity index (χ2v) is 4.87. The van der Waals surface area contributed by atoms with Crippen LogP contribution in [0.4, 0.5) is 5.95 Å². The molecule has 0 spiro atoms. The van der Waals surface area contributed by atoms with Crippen LogP contribution in [-0.2, 0) is 6.54 Å². The van der Waals surface area contributed by atoms with Gasteiger partial charge in [0.25, 0.3) is 0 Å². The summed E-state index contributed by atoms with van der Waals surface area (Å²) < 4.78 is 7.33. The lowest BCUT2D eigenvalue weighted by Gasteiger charge is -2.07. The monoisotopic (exact) mass is 267 g/mol. The fourth-order valence-electron chi connectivity index (χ4n) is 2.35. The van der Waals surface area contributed by atoms with E-state index in [1.165, 1.54) is 11.1 Å². The molecule has 3 rings (SSSR count). The molecule has 0 aliphatic rings. The lowest BCUT2D eigenvalue weighted by molar-refractivity contribution is 0.419. The van der Waals surface area contributed by atoms with Gasteiger partial charge in [-0.25, -0.2) is 4.98 Å². The summed E-state index contributed by atoms with van der Waals surface area (Å²) in [5, 5.41) is 0. The maximum atomic E-state index is 6.05. The molecule has 0 fully saturated rings. The molecule has 102 valence electrons. The van der Waals surface area contributed by atoms with E-state index in [4.69, 9.17) is 10.5 Å². The molecule has 0 radical (unpaired) electrons. The van der Waals surface area contributed by atoms with Crippen LogP contribution < -0.4 is 10.5 Å². The van der Waals surface area contributed by atoms with Crippen molar-refractivity contribution < 1.29 is 4.74 Å². The largest absolute Gasteiger partial charge is 0.494 e. The second-order valence-electron chi connectivity index (χ2n) is 4.87. The van der Waals surface area contributed by atoms with Gasteiger partial charge in [0.1, 0.15) is 11.3 Å². The minimum atomic E-state index is 0.505. The third-order valence-corrected chi connectivity index (χ3v) is 3.45. The molecule has 20 heavy (non-hydrogen) atoms.